The van der Waals surface area contributed by atoms with Crippen LogP contribution in [0, 0.1) is 17.5 Å². The summed E-state index contributed by atoms with van der Waals surface area (Å²) in [7, 11) is 5.62. The molecule has 3 aromatic rings. The Morgan fingerprint density at radius 1 is 1.19 bits per heavy atom. The number of carboxylic acids is 1. The maximum absolute atomic E-state index is 14.0. The SMILES string of the molecule is [B]c1c(F)c(F)cc2c(=O)c(C(=O)O)cn(-c3cc(N)c(F)cc3CO)c12. The average molecular weight is 374 g/mol. The molecule has 0 bridgehead atoms. The zero-order chi connectivity index (χ0) is 20.0. The number of halogens is 3. The Kier molecular flexibility index (Phi) is 4.44. The van der Waals surface area contributed by atoms with Crippen molar-refractivity contribution in [2.24, 2.45) is 0 Å². The summed E-state index contributed by atoms with van der Waals surface area (Å²) >= 11 is 0. The van der Waals surface area contributed by atoms with Crippen molar-refractivity contribution in [3.8, 4) is 5.69 Å². The van der Waals surface area contributed by atoms with Crippen molar-refractivity contribution in [3.63, 3.8) is 0 Å². The molecule has 2 aromatic carbocycles. The van der Waals surface area contributed by atoms with Gasteiger partial charge in [0.15, 0.2) is 11.6 Å². The van der Waals surface area contributed by atoms with Crippen LogP contribution in [-0.2, 0) is 6.61 Å². The van der Waals surface area contributed by atoms with Gasteiger partial charge in [0.2, 0.25) is 5.43 Å². The van der Waals surface area contributed by atoms with Crippen LogP contribution < -0.4 is 16.6 Å². The first-order valence-electron chi connectivity index (χ1n) is 7.42. The summed E-state index contributed by atoms with van der Waals surface area (Å²) in [5, 5.41) is 18.3. The Bertz CT molecular complexity index is 1180. The van der Waals surface area contributed by atoms with E-state index in [9.17, 15) is 33.0 Å². The summed E-state index contributed by atoms with van der Waals surface area (Å²) in [6, 6.07) is 2.47. The number of carbonyl (C=O) groups is 1. The first-order chi connectivity index (χ1) is 12.7. The Hall–Kier alpha value is -3.27. The number of nitrogens with two attached hydrogens (primary N) is 1. The van der Waals surface area contributed by atoms with E-state index in [4.69, 9.17) is 13.6 Å². The molecule has 6 nitrogen and oxygen atoms in total. The number of carboxylic acid groups (broad SMARTS) is 1. The number of pyridine rings is 1. The molecule has 1 heterocycles. The lowest BCUT2D eigenvalue weighted by molar-refractivity contribution is 0.0695. The van der Waals surface area contributed by atoms with Gasteiger partial charge in [0.1, 0.15) is 19.2 Å². The fourth-order valence-corrected chi connectivity index (χ4v) is 2.78. The predicted octanol–water partition coefficient (Wildman–Crippen LogP) is 0.974. The summed E-state index contributed by atoms with van der Waals surface area (Å²) in [4.78, 5) is 23.8. The molecule has 0 fully saturated rings. The van der Waals surface area contributed by atoms with Crippen LogP contribution in [0.1, 0.15) is 15.9 Å². The van der Waals surface area contributed by atoms with Gasteiger partial charge < -0.3 is 20.5 Å². The van der Waals surface area contributed by atoms with Gasteiger partial charge in [-0.1, -0.05) is 0 Å². The van der Waals surface area contributed by atoms with E-state index < -0.39 is 51.9 Å². The Balaban J connectivity index is 2.59. The predicted molar refractivity (Wildman–Crippen MR) is 92.1 cm³/mol. The third-order valence-corrected chi connectivity index (χ3v) is 4.07. The fourth-order valence-electron chi connectivity index (χ4n) is 2.78. The van der Waals surface area contributed by atoms with Crippen LogP contribution in [0.2, 0.25) is 0 Å². The molecule has 2 radical (unpaired) electrons. The third-order valence-electron chi connectivity index (χ3n) is 4.07. The van der Waals surface area contributed by atoms with E-state index in [0.29, 0.717) is 6.07 Å². The zero-order valence-electron chi connectivity index (χ0n) is 13.5. The number of aliphatic hydroxyl groups excluding tert-OH is 1. The molecule has 0 amide bonds. The number of nitrogen functional groups attached to an aromatic ring is 1. The van der Waals surface area contributed by atoms with Gasteiger partial charge in [-0.3, -0.25) is 4.79 Å². The number of hydrogen-bond donors (Lipinski definition) is 3. The van der Waals surface area contributed by atoms with Gasteiger partial charge in [0, 0.05) is 17.1 Å². The number of nitrogens with zero attached hydrogens (tertiary/aromatic N) is 1. The van der Waals surface area contributed by atoms with Gasteiger partial charge in [0.25, 0.3) is 0 Å². The second kappa shape index (κ2) is 6.47. The van der Waals surface area contributed by atoms with Gasteiger partial charge in [-0.25, -0.2) is 18.0 Å². The number of aromatic nitrogens is 1. The highest BCUT2D eigenvalue weighted by atomic mass is 19.2. The highest BCUT2D eigenvalue weighted by molar-refractivity contribution is 6.38. The number of anilines is 1. The molecule has 0 saturated heterocycles. The second-order valence-electron chi connectivity index (χ2n) is 5.69. The van der Waals surface area contributed by atoms with E-state index in [1.807, 2.05) is 0 Å². The van der Waals surface area contributed by atoms with E-state index in [-0.39, 0.29) is 22.5 Å². The molecule has 0 aliphatic rings. The Morgan fingerprint density at radius 3 is 2.44 bits per heavy atom. The van der Waals surface area contributed by atoms with E-state index >= 15 is 0 Å². The number of aliphatic hydroxyl groups is 1. The van der Waals surface area contributed by atoms with E-state index in [1.165, 1.54) is 0 Å². The summed E-state index contributed by atoms with van der Waals surface area (Å²) in [6.07, 6.45) is 0.826. The van der Waals surface area contributed by atoms with Gasteiger partial charge >= 0.3 is 5.97 Å². The summed E-state index contributed by atoms with van der Waals surface area (Å²) < 4.78 is 42.4. The number of fused-ring (bicyclic) bond motifs is 1. The smallest absolute Gasteiger partial charge is 0.341 e. The van der Waals surface area contributed by atoms with Crippen molar-refractivity contribution in [2.75, 3.05) is 5.73 Å². The van der Waals surface area contributed by atoms with Gasteiger partial charge in [-0.05, 0) is 23.7 Å². The van der Waals surface area contributed by atoms with E-state index in [0.717, 1.165) is 22.9 Å². The van der Waals surface area contributed by atoms with Crippen molar-refractivity contribution < 1.29 is 28.2 Å². The highest BCUT2D eigenvalue weighted by Crippen LogP contribution is 2.25. The Morgan fingerprint density at radius 2 is 1.85 bits per heavy atom. The number of benzene rings is 2. The first kappa shape index (κ1) is 18.5. The summed E-state index contributed by atoms with van der Waals surface area (Å²) in [6.45, 7) is -0.688. The zero-order valence-corrected chi connectivity index (χ0v) is 13.5. The van der Waals surface area contributed by atoms with Crippen LogP contribution in [-0.4, -0.2) is 28.6 Å². The van der Waals surface area contributed by atoms with Gasteiger partial charge in [-0.2, -0.15) is 0 Å². The first-order valence-corrected chi connectivity index (χ1v) is 7.42. The number of hydrogen-bond acceptors (Lipinski definition) is 4. The molecule has 10 heteroatoms. The van der Waals surface area contributed by atoms with Crippen LogP contribution >= 0.6 is 0 Å². The molecular formula is C17H10BF3N2O4. The molecule has 0 saturated carbocycles. The molecule has 0 spiro atoms. The molecule has 1 aromatic heterocycles. The third kappa shape index (κ3) is 2.83. The maximum atomic E-state index is 14.0. The van der Waals surface area contributed by atoms with Crippen LogP contribution in [0.25, 0.3) is 16.6 Å². The largest absolute Gasteiger partial charge is 0.477 e. The Labute approximate surface area is 150 Å². The topological polar surface area (TPSA) is 106 Å². The van der Waals surface area contributed by atoms with Gasteiger partial charge in [-0.15, -0.1) is 0 Å². The minimum Gasteiger partial charge on any atom is -0.477 e. The average Bonchev–Trinajstić information content (AvgIpc) is 2.62. The molecule has 136 valence electrons. The molecule has 0 aliphatic heterocycles. The summed E-state index contributed by atoms with van der Waals surface area (Å²) in [5.74, 6) is -5.36. The molecule has 0 unspecified atom stereocenters. The highest BCUT2D eigenvalue weighted by Gasteiger charge is 2.22. The van der Waals surface area contributed by atoms with Crippen molar-refractivity contribution in [1.82, 2.24) is 4.57 Å². The van der Waals surface area contributed by atoms with E-state index in [2.05, 4.69) is 0 Å². The summed E-state index contributed by atoms with van der Waals surface area (Å²) in [5.41, 5.74) is 2.13. The van der Waals surface area contributed by atoms with E-state index in [1.54, 1.807) is 0 Å². The van der Waals surface area contributed by atoms with Crippen LogP contribution in [0.15, 0.2) is 29.2 Å². The van der Waals surface area contributed by atoms with Crippen molar-refractivity contribution in [1.29, 1.82) is 0 Å². The fraction of sp³-hybridized carbons (Fsp3) is 0.0588. The van der Waals surface area contributed by atoms with Crippen molar-refractivity contribution in [3.05, 3.63) is 63.2 Å². The minimum absolute atomic E-state index is 0.0490. The number of aromatic carboxylic acids is 1. The van der Waals surface area contributed by atoms with Crippen molar-refractivity contribution >= 4 is 35.9 Å². The lowest BCUT2D eigenvalue weighted by Crippen LogP contribution is -2.25. The molecule has 0 atom stereocenters. The van der Waals surface area contributed by atoms with Crippen LogP contribution in [0.3, 0.4) is 0 Å². The molecular weight excluding hydrogens is 364 g/mol. The lowest BCUT2D eigenvalue weighted by Gasteiger charge is -2.18. The minimum atomic E-state index is -1.63. The lowest BCUT2D eigenvalue weighted by atomic mass is 9.91. The van der Waals surface area contributed by atoms with Crippen molar-refractivity contribution in [2.45, 2.75) is 6.61 Å². The molecule has 3 rings (SSSR count). The maximum Gasteiger partial charge on any atom is 0.341 e. The normalized spacial score (nSPS) is 11.1. The standard InChI is InChI=1S/C17H10BF3N2O4/c18-13-14(21)10(20)2-7-15(13)23(4-8(16(7)25)17(26)27)12-3-11(22)9(19)1-6(12)5-24/h1-4,24H,5,22H2,(H,26,27). The molecule has 0 aliphatic carbocycles. The molecule has 4 N–H and O–H groups in total. The quantitative estimate of drug-likeness (QED) is 0.468. The molecule has 27 heavy (non-hydrogen) atoms. The number of rotatable bonds is 3. The van der Waals surface area contributed by atoms with Crippen LogP contribution in [0.4, 0.5) is 18.9 Å². The monoisotopic (exact) mass is 374 g/mol. The second-order valence-corrected chi connectivity index (χ2v) is 5.69. The van der Waals surface area contributed by atoms with Gasteiger partial charge in [0.05, 0.1) is 23.5 Å². The van der Waals surface area contributed by atoms with Crippen LogP contribution in [0.5, 0.6) is 0 Å².